The van der Waals surface area contributed by atoms with Gasteiger partial charge in [0.1, 0.15) is 5.82 Å². The maximum atomic E-state index is 12.5. The molecule has 0 radical (unpaired) electrons. The van der Waals surface area contributed by atoms with Crippen molar-refractivity contribution in [3.63, 3.8) is 0 Å². The number of alkyl halides is 3. The van der Waals surface area contributed by atoms with Gasteiger partial charge in [-0.3, -0.25) is 9.89 Å². The van der Waals surface area contributed by atoms with Gasteiger partial charge in [0.25, 0.3) is 5.91 Å². The minimum absolute atomic E-state index is 0.171. The van der Waals surface area contributed by atoms with Crippen LogP contribution in [0.15, 0.2) is 24.3 Å². The van der Waals surface area contributed by atoms with Crippen LogP contribution in [0, 0.1) is 6.92 Å². The first-order valence-electron chi connectivity index (χ1n) is 6.08. The molecule has 112 valence electrons. The van der Waals surface area contributed by atoms with Gasteiger partial charge in [-0.1, -0.05) is 0 Å². The van der Waals surface area contributed by atoms with Gasteiger partial charge in [-0.25, -0.2) is 4.98 Å². The summed E-state index contributed by atoms with van der Waals surface area (Å²) < 4.78 is 37.4. The fraction of sp³-hybridized carbons (Fsp3) is 0.308. The molecule has 1 N–H and O–H groups in total. The molecule has 1 aromatic heterocycles. The summed E-state index contributed by atoms with van der Waals surface area (Å²) in [5, 5.41) is 6.55. The van der Waals surface area contributed by atoms with Gasteiger partial charge in [-0.15, -0.1) is 0 Å². The predicted molar refractivity (Wildman–Crippen MR) is 68.4 cm³/mol. The Hall–Kier alpha value is -2.38. The molecule has 2 aromatic rings. The molecule has 0 fully saturated rings. The molecule has 5 nitrogen and oxygen atoms in total. The second-order valence-electron chi connectivity index (χ2n) is 4.57. The van der Waals surface area contributed by atoms with E-state index in [1.54, 1.807) is 6.92 Å². The van der Waals surface area contributed by atoms with Crippen molar-refractivity contribution in [2.45, 2.75) is 19.6 Å². The smallest absolute Gasteiger partial charge is 0.334 e. The summed E-state index contributed by atoms with van der Waals surface area (Å²) in [6.45, 7) is 1.90. The molecule has 8 heteroatoms. The molecule has 0 spiro atoms. The van der Waals surface area contributed by atoms with Crippen molar-refractivity contribution in [1.29, 1.82) is 0 Å². The zero-order chi connectivity index (χ0) is 15.6. The van der Waals surface area contributed by atoms with Crippen LogP contribution in [0.5, 0.6) is 0 Å². The molecule has 1 aromatic carbocycles. The van der Waals surface area contributed by atoms with Gasteiger partial charge in [0, 0.05) is 12.6 Å². The topological polar surface area (TPSA) is 61.9 Å². The average Bonchev–Trinajstić information content (AvgIpc) is 2.82. The fourth-order valence-electron chi connectivity index (χ4n) is 1.77. The molecule has 0 bridgehead atoms. The molecular weight excluding hydrogens is 285 g/mol. The van der Waals surface area contributed by atoms with Gasteiger partial charge in [0.15, 0.2) is 5.82 Å². The number of amides is 1. The summed E-state index contributed by atoms with van der Waals surface area (Å²) in [4.78, 5) is 17.5. The van der Waals surface area contributed by atoms with Crippen LogP contribution < -0.4 is 0 Å². The maximum absolute atomic E-state index is 12.5. The molecule has 0 aliphatic carbocycles. The fourth-order valence-corrected chi connectivity index (χ4v) is 1.77. The molecule has 2 rings (SSSR count). The van der Waals surface area contributed by atoms with Crippen LogP contribution in [-0.4, -0.2) is 33.0 Å². The van der Waals surface area contributed by atoms with Crippen molar-refractivity contribution in [2.75, 3.05) is 7.05 Å². The lowest BCUT2D eigenvalue weighted by Crippen LogP contribution is -2.26. The van der Waals surface area contributed by atoms with E-state index in [0.717, 1.165) is 24.3 Å². The van der Waals surface area contributed by atoms with Gasteiger partial charge in [-0.05, 0) is 31.2 Å². The normalized spacial score (nSPS) is 11.5. The van der Waals surface area contributed by atoms with Gasteiger partial charge >= 0.3 is 6.18 Å². The first kappa shape index (κ1) is 15.0. The van der Waals surface area contributed by atoms with Gasteiger partial charge in [0.05, 0.1) is 12.1 Å². The molecule has 21 heavy (non-hydrogen) atoms. The Bertz CT molecular complexity index is 634. The van der Waals surface area contributed by atoms with E-state index in [9.17, 15) is 18.0 Å². The predicted octanol–water partition coefficient (Wildman–Crippen LogP) is 2.40. The van der Waals surface area contributed by atoms with E-state index in [-0.39, 0.29) is 12.1 Å². The SMILES string of the molecule is Cc1nc(CN(C)C(=O)c2ccc(C(F)(F)F)cc2)n[nH]1. The summed E-state index contributed by atoms with van der Waals surface area (Å²) in [5.41, 5.74) is -0.607. The lowest BCUT2D eigenvalue weighted by Gasteiger charge is -2.15. The lowest BCUT2D eigenvalue weighted by atomic mass is 10.1. The van der Waals surface area contributed by atoms with E-state index < -0.39 is 17.6 Å². The number of rotatable bonds is 3. The number of aromatic amines is 1. The molecular formula is C13H13F3N4O. The van der Waals surface area contributed by atoms with E-state index in [1.807, 2.05) is 0 Å². The first-order chi connectivity index (χ1) is 9.77. The van der Waals surface area contributed by atoms with Crippen molar-refractivity contribution in [1.82, 2.24) is 20.1 Å². The molecule has 0 atom stereocenters. The highest BCUT2D eigenvalue weighted by Crippen LogP contribution is 2.29. The highest BCUT2D eigenvalue weighted by Gasteiger charge is 2.30. The van der Waals surface area contributed by atoms with Gasteiger partial charge in [-0.2, -0.15) is 18.3 Å². The van der Waals surface area contributed by atoms with E-state index in [0.29, 0.717) is 11.6 Å². The number of nitrogens with one attached hydrogen (secondary N) is 1. The highest BCUT2D eigenvalue weighted by atomic mass is 19.4. The van der Waals surface area contributed by atoms with E-state index in [1.165, 1.54) is 11.9 Å². The maximum Gasteiger partial charge on any atom is 0.416 e. The minimum atomic E-state index is -4.41. The third kappa shape index (κ3) is 3.59. The van der Waals surface area contributed by atoms with Crippen LogP contribution in [0.4, 0.5) is 13.2 Å². The summed E-state index contributed by atoms with van der Waals surface area (Å²) in [6.07, 6.45) is -4.41. The highest BCUT2D eigenvalue weighted by molar-refractivity contribution is 5.94. The summed E-state index contributed by atoms with van der Waals surface area (Å²) in [7, 11) is 1.53. The van der Waals surface area contributed by atoms with Crippen LogP contribution in [0.25, 0.3) is 0 Å². The Morgan fingerprint density at radius 2 is 1.90 bits per heavy atom. The minimum Gasteiger partial charge on any atom is -0.334 e. The number of halogens is 3. The lowest BCUT2D eigenvalue weighted by molar-refractivity contribution is -0.137. The summed E-state index contributed by atoms with van der Waals surface area (Å²) in [6, 6.07) is 4.09. The second kappa shape index (κ2) is 5.55. The second-order valence-corrected chi connectivity index (χ2v) is 4.57. The number of H-pyrrole nitrogens is 1. The van der Waals surface area contributed by atoms with Crippen LogP contribution in [0.3, 0.4) is 0 Å². The Labute approximate surface area is 118 Å². The monoisotopic (exact) mass is 298 g/mol. The van der Waals surface area contributed by atoms with E-state index in [2.05, 4.69) is 15.2 Å². The van der Waals surface area contributed by atoms with Crippen LogP contribution >= 0.6 is 0 Å². The van der Waals surface area contributed by atoms with Crippen molar-refractivity contribution in [2.24, 2.45) is 0 Å². The Balaban J connectivity index is 2.08. The number of benzene rings is 1. The third-order valence-corrected chi connectivity index (χ3v) is 2.83. The van der Waals surface area contributed by atoms with Crippen molar-refractivity contribution < 1.29 is 18.0 Å². The van der Waals surface area contributed by atoms with Crippen molar-refractivity contribution >= 4 is 5.91 Å². The average molecular weight is 298 g/mol. The van der Waals surface area contributed by atoms with E-state index >= 15 is 0 Å². The quantitative estimate of drug-likeness (QED) is 0.946. The number of nitrogens with zero attached hydrogens (tertiary/aromatic N) is 3. The molecule has 0 saturated heterocycles. The number of aromatic nitrogens is 3. The molecule has 1 heterocycles. The zero-order valence-corrected chi connectivity index (χ0v) is 11.4. The number of hydrogen-bond acceptors (Lipinski definition) is 3. The molecule has 0 saturated carbocycles. The van der Waals surface area contributed by atoms with Crippen LogP contribution in [0.1, 0.15) is 27.6 Å². The van der Waals surface area contributed by atoms with Crippen LogP contribution in [0.2, 0.25) is 0 Å². The summed E-state index contributed by atoms with van der Waals surface area (Å²) in [5.74, 6) is 0.668. The number of aryl methyl sites for hydroxylation is 1. The summed E-state index contributed by atoms with van der Waals surface area (Å²) >= 11 is 0. The Kier molecular flexibility index (Phi) is 3.97. The molecule has 1 amide bonds. The number of hydrogen-bond donors (Lipinski definition) is 1. The largest absolute Gasteiger partial charge is 0.416 e. The Morgan fingerprint density at radius 3 is 2.38 bits per heavy atom. The molecule has 0 aliphatic heterocycles. The van der Waals surface area contributed by atoms with Crippen LogP contribution in [-0.2, 0) is 12.7 Å². The third-order valence-electron chi connectivity index (χ3n) is 2.83. The Morgan fingerprint density at radius 1 is 1.29 bits per heavy atom. The standard InChI is InChI=1S/C13H13F3N4O/c1-8-17-11(19-18-8)7-20(2)12(21)9-3-5-10(6-4-9)13(14,15)16/h3-6H,7H2,1-2H3,(H,17,18,19). The van der Waals surface area contributed by atoms with E-state index in [4.69, 9.17) is 0 Å². The number of carbonyl (C=O) groups is 1. The zero-order valence-electron chi connectivity index (χ0n) is 11.4. The van der Waals surface area contributed by atoms with Crippen molar-refractivity contribution in [3.05, 3.63) is 47.0 Å². The first-order valence-corrected chi connectivity index (χ1v) is 6.08. The molecule has 0 unspecified atom stereocenters. The van der Waals surface area contributed by atoms with Crippen molar-refractivity contribution in [3.8, 4) is 0 Å². The number of carbonyl (C=O) groups excluding carboxylic acids is 1. The van der Waals surface area contributed by atoms with Gasteiger partial charge in [0.2, 0.25) is 0 Å². The molecule has 0 aliphatic rings. The van der Waals surface area contributed by atoms with Gasteiger partial charge < -0.3 is 4.90 Å².